The molecule has 2 N–H and O–H groups in total. The number of hydrogen-bond donors (Lipinski definition) is 2. The van der Waals surface area contributed by atoms with Gasteiger partial charge in [0.2, 0.25) is 10.8 Å². The molecule has 0 spiro atoms. The Kier molecular flexibility index (Phi) is 9.76. The van der Waals surface area contributed by atoms with E-state index in [1.54, 1.807) is 42.5 Å². The highest BCUT2D eigenvalue weighted by Crippen LogP contribution is 2.41. The molecule has 0 radical (unpaired) electrons. The van der Waals surface area contributed by atoms with E-state index in [1.165, 1.54) is 7.05 Å². The largest absolute Gasteiger partial charge is 0.480 e. The van der Waals surface area contributed by atoms with Crippen molar-refractivity contribution in [2.75, 3.05) is 13.6 Å². The predicted molar refractivity (Wildman–Crippen MR) is 138 cm³/mol. The smallest absolute Gasteiger partial charge is 0.326 e. The second-order valence-electron chi connectivity index (χ2n) is 8.97. The molecule has 0 saturated heterocycles. The fraction of sp³-hybridized carbons (Fsp3) is 0.423. The molecule has 1 aliphatic rings. The average molecular weight is 532 g/mol. The highest BCUT2D eigenvalue weighted by molar-refractivity contribution is 6.39. The van der Waals surface area contributed by atoms with Crippen LogP contribution in [0.1, 0.15) is 53.6 Å². The second kappa shape index (κ2) is 12.8. The Morgan fingerprint density at radius 2 is 1.67 bits per heavy atom. The Balaban J connectivity index is 1.65. The van der Waals surface area contributed by atoms with Crippen LogP contribution in [0.3, 0.4) is 0 Å². The molecule has 0 aromatic heterocycles. The maximum atomic E-state index is 13.2. The van der Waals surface area contributed by atoms with Crippen LogP contribution in [0.2, 0.25) is 10.0 Å². The normalized spacial score (nSPS) is 15.0. The summed E-state index contributed by atoms with van der Waals surface area (Å²) in [7, 11) is 1.53. The summed E-state index contributed by atoms with van der Waals surface area (Å²) in [6.07, 6.45) is 3.96. The van der Waals surface area contributed by atoms with Crippen LogP contribution < -0.4 is 10.2 Å². The lowest BCUT2D eigenvalue weighted by molar-refractivity contribution is -0.144. The van der Waals surface area contributed by atoms with Gasteiger partial charge in [0.25, 0.3) is 0 Å². The van der Waals surface area contributed by atoms with Gasteiger partial charge in [-0.25, -0.2) is 4.79 Å². The van der Waals surface area contributed by atoms with E-state index in [1.807, 2.05) is 0 Å². The lowest BCUT2D eigenvalue weighted by Gasteiger charge is -2.28. The predicted octanol–water partition coefficient (Wildman–Crippen LogP) is 5.08. The third kappa shape index (κ3) is 7.00. The molecule has 3 rings (SSSR count). The first-order chi connectivity index (χ1) is 17.3. The molecular formula is C26H29Cl2N4O4+. The van der Waals surface area contributed by atoms with Crippen molar-refractivity contribution in [1.29, 1.82) is 0 Å². The zero-order valence-electron chi connectivity index (χ0n) is 20.0. The Morgan fingerprint density at radius 1 is 1.06 bits per heavy atom. The summed E-state index contributed by atoms with van der Waals surface area (Å²) < 4.78 is 0. The van der Waals surface area contributed by atoms with Crippen molar-refractivity contribution >= 4 is 40.9 Å². The molecular weight excluding hydrogens is 503 g/mol. The summed E-state index contributed by atoms with van der Waals surface area (Å²) >= 11 is 12.3. The molecule has 10 heteroatoms. The van der Waals surface area contributed by atoms with Crippen LogP contribution >= 0.6 is 23.2 Å². The minimum Gasteiger partial charge on any atom is -0.480 e. The van der Waals surface area contributed by atoms with Crippen LogP contribution in [-0.4, -0.2) is 42.4 Å². The van der Waals surface area contributed by atoms with Gasteiger partial charge in [-0.2, -0.15) is 0 Å². The van der Waals surface area contributed by atoms with Gasteiger partial charge in [-0.15, -0.1) is 0 Å². The van der Waals surface area contributed by atoms with Gasteiger partial charge in [0, 0.05) is 12.8 Å². The van der Waals surface area contributed by atoms with E-state index < -0.39 is 17.4 Å². The van der Waals surface area contributed by atoms with E-state index in [0.29, 0.717) is 35.9 Å². The number of hydrogen-bond acceptors (Lipinski definition) is 5. The topological polar surface area (TPSA) is 122 Å². The molecule has 2 aromatic rings. The number of carboxylic acid groups (broad SMARTS) is 1. The van der Waals surface area contributed by atoms with Crippen LogP contribution in [0, 0.1) is 5.41 Å². The standard InChI is InChI=1S/C26H28Cl2N4O4/c1-29-32-30-14-13-26(11-2-3-12-26)25(36)31-21(24(34)35)15-17-7-9-18(10-8-17)16-22(33)23-19(27)5-4-6-20(23)28/h4-10,21H,2-3,11-16H2,1H3,(H-,31,34,35,36)/p+1/t21-/m0/s1. The Hall–Kier alpha value is -3.06. The number of carbonyl (C=O) groups is 3. The molecule has 0 aliphatic heterocycles. The van der Waals surface area contributed by atoms with Crippen LogP contribution in [0.5, 0.6) is 0 Å². The van der Waals surface area contributed by atoms with Crippen molar-refractivity contribution in [1.82, 2.24) is 10.2 Å². The summed E-state index contributed by atoms with van der Waals surface area (Å²) in [6, 6.07) is 10.9. The molecule has 36 heavy (non-hydrogen) atoms. The monoisotopic (exact) mass is 531 g/mol. The highest BCUT2D eigenvalue weighted by atomic mass is 35.5. The number of benzene rings is 2. The number of nitrogens with zero attached hydrogens (tertiary/aromatic N) is 3. The van der Waals surface area contributed by atoms with E-state index in [0.717, 1.165) is 24.0 Å². The number of ketones is 1. The summed E-state index contributed by atoms with van der Waals surface area (Å²) in [5.41, 5.74) is 1.12. The Labute approximate surface area is 219 Å². The third-order valence-electron chi connectivity index (χ3n) is 6.56. The summed E-state index contributed by atoms with van der Waals surface area (Å²) in [4.78, 5) is 41.4. The molecule has 190 valence electrons. The van der Waals surface area contributed by atoms with Crippen molar-refractivity contribution in [3.05, 3.63) is 69.2 Å². The summed E-state index contributed by atoms with van der Waals surface area (Å²) in [5, 5.41) is 20.7. The maximum Gasteiger partial charge on any atom is 0.326 e. The van der Waals surface area contributed by atoms with E-state index >= 15 is 0 Å². The molecule has 1 atom stereocenters. The molecule has 0 heterocycles. The van der Waals surface area contributed by atoms with Crippen LogP contribution in [0.4, 0.5) is 0 Å². The minimum atomic E-state index is -1.10. The van der Waals surface area contributed by atoms with Crippen molar-refractivity contribution in [3.63, 3.8) is 0 Å². The molecule has 1 amide bonds. The van der Waals surface area contributed by atoms with Gasteiger partial charge in [0.15, 0.2) is 5.78 Å². The van der Waals surface area contributed by atoms with Crippen LogP contribution in [-0.2, 0) is 22.4 Å². The maximum absolute atomic E-state index is 13.2. The number of halogens is 2. The quantitative estimate of drug-likeness (QED) is 0.238. The molecule has 1 saturated carbocycles. The van der Waals surface area contributed by atoms with Gasteiger partial charge >= 0.3 is 5.97 Å². The van der Waals surface area contributed by atoms with Crippen molar-refractivity contribution in [2.45, 2.75) is 51.0 Å². The zero-order valence-corrected chi connectivity index (χ0v) is 21.6. The Bertz CT molecular complexity index is 1150. The number of carboxylic acids is 1. The molecule has 2 aromatic carbocycles. The second-order valence-corrected chi connectivity index (χ2v) is 9.79. The van der Waals surface area contributed by atoms with E-state index in [2.05, 4.69) is 20.5 Å². The third-order valence-corrected chi connectivity index (χ3v) is 7.19. The van der Waals surface area contributed by atoms with Gasteiger partial charge < -0.3 is 10.4 Å². The average Bonchev–Trinajstić information content (AvgIpc) is 3.32. The van der Waals surface area contributed by atoms with Gasteiger partial charge in [-0.3, -0.25) is 9.59 Å². The van der Waals surface area contributed by atoms with E-state index in [4.69, 9.17) is 23.2 Å². The summed E-state index contributed by atoms with van der Waals surface area (Å²) in [6.45, 7) is 0.363. The SMILES string of the molecule is CN=[N+]=NCCC1(C(=O)N[C@@H](Cc2ccc(CC(=O)c3c(Cl)cccc3Cl)cc2)C(=O)O)CCCC1. The fourth-order valence-corrected chi connectivity index (χ4v) is 5.20. The molecule has 8 nitrogen and oxygen atoms in total. The van der Waals surface area contributed by atoms with Crippen molar-refractivity contribution in [2.24, 2.45) is 15.6 Å². The van der Waals surface area contributed by atoms with Gasteiger partial charge in [0.1, 0.15) is 29.9 Å². The number of Topliss-reactive ketones (excluding diaryl/α,β-unsaturated/α-hetero) is 1. The number of aliphatic carboxylic acids is 1. The first-order valence-corrected chi connectivity index (χ1v) is 12.6. The van der Waals surface area contributed by atoms with E-state index in [9.17, 15) is 19.5 Å². The number of carbonyl (C=O) groups excluding carboxylic acids is 2. The minimum absolute atomic E-state index is 0.105. The summed E-state index contributed by atoms with van der Waals surface area (Å²) in [5.74, 6) is -1.56. The highest BCUT2D eigenvalue weighted by Gasteiger charge is 2.42. The van der Waals surface area contributed by atoms with Gasteiger partial charge in [0.05, 0.1) is 21.0 Å². The van der Waals surface area contributed by atoms with Crippen molar-refractivity contribution < 1.29 is 19.5 Å². The number of nitrogens with one attached hydrogen (secondary N) is 1. The Morgan fingerprint density at radius 3 is 2.25 bits per heavy atom. The number of amides is 1. The first-order valence-electron chi connectivity index (χ1n) is 11.8. The molecule has 0 bridgehead atoms. The first kappa shape index (κ1) is 27.5. The lowest BCUT2D eigenvalue weighted by Crippen LogP contribution is -2.49. The van der Waals surface area contributed by atoms with Gasteiger partial charge in [-0.05, 0) is 42.5 Å². The molecule has 0 unspecified atom stereocenters. The van der Waals surface area contributed by atoms with Gasteiger partial charge in [-0.1, -0.05) is 66.4 Å². The zero-order chi connectivity index (χ0) is 26.1. The molecule has 1 fully saturated rings. The fourth-order valence-electron chi connectivity index (χ4n) is 4.59. The lowest BCUT2D eigenvalue weighted by atomic mass is 9.81. The van der Waals surface area contributed by atoms with Crippen molar-refractivity contribution in [3.8, 4) is 0 Å². The van der Waals surface area contributed by atoms with Crippen LogP contribution in [0.15, 0.2) is 52.7 Å². The van der Waals surface area contributed by atoms with E-state index in [-0.39, 0.29) is 30.1 Å². The van der Waals surface area contributed by atoms with Crippen LogP contribution in [0.25, 0.3) is 0 Å². The molecule has 1 aliphatic carbocycles. The number of rotatable bonds is 11.